The molecule has 2 aromatic rings. The zero-order valence-corrected chi connectivity index (χ0v) is 14.4. The van der Waals surface area contributed by atoms with E-state index in [-0.39, 0.29) is 18.3 Å². The Hall–Kier alpha value is -2.95. The Morgan fingerprint density at radius 2 is 1.52 bits per heavy atom. The summed E-state index contributed by atoms with van der Waals surface area (Å²) in [6.07, 6.45) is 1.23. The molecule has 0 bridgehead atoms. The second-order valence-electron chi connectivity index (χ2n) is 5.74. The highest BCUT2D eigenvalue weighted by atomic mass is 16.5. The number of nitrogens with one attached hydrogen (secondary N) is 1. The fourth-order valence-electron chi connectivity index (χ4n) is 2.18. The number of aryl methyl sites for hydroxylation is 1. The summed E-state index contributed by atoms with van der Waals surface area (Å²) < 4.78 is 5.05. The first-order valence-corrected chi connectivity index (χ1v) is 8.16. The first-order chi connectivity index (χ1) is 12.0. The molecular formula is C20H21NO4. The summed E-state index contributed by atoms with van der Waals surface area (Å²) in [5.41, 5.74) is 2.50. The lowest BCUT2D eigenvalue weighted by Gasteiger charge is -2.07. The molecule has 0 atom stereocenters. The molecule has 25 heavy (non-hydrogen) atoms. The molecule has 2 aromatic carbocycles. The van der Waals surface area contributed by atoms with Gasteiger partial charge in [-0.05, 0) is 49.7 Å². The summed E-state index contributed by atoms with van der Waals surface area (Å²) in [7, 11) is 0. The zero-order chi connectivity index (χ0) is 18.2. The molecule has 0 aliphatic heterocycles. The number of rotatable bonds is 7. The van der Waals surface area contributed by atoms with Crippen LogP contribution in [0.15, 0.2) is 48.5 Å². The predicted octanol–water partition coefficient (Wildman–Crippen LogP) is 3.77. The van der Waals surface area contributed by atoms with Crippen LogP contribution in [0.3, 0.4) is 0 Å². The number of esters is 1. The van der Waals surface area contributed by atoms with E-state index in [4.69, 9.17) is 4.74 Å². The lowest BCUT2D eigenvalue weighted by Crippen LogP contribution is -2.14. The molecule has 5 heteroatoms. The van der Waals surface area contributed by atoms with Gasteiger partial charge in [0.25, 0.3) is 0 Å². The van der Waals surface area contributed by atoms with Crippen molar-refractivity contribution in [2.24, 2.45) is 0 Å². The van der Waals surface area contributed by atoms with Crippen molar-refractivity contribution in [1.29, 1.82) is 0 Å². The van der Waals surface area contributed by atoms with Crippen molar-refractivity contribution in [1.82, 2.24) is 0 Å². The molecular weight excluding hydrogens is 318 g/mol. The number of amides is 1. The Bertz CT molecular complexity index is 748. The maximum Gasteiger partial charge on any atom is 0.338 e. The van der Waals surface area contributed by atoms with E-state index >= 15 is 0 Å². The molecule has 1 amide bonds. The summed E-state index contributed by atoms with van der Waals surface area (Å²) in [6, 6.07) is 13.5. The number of ketones is 1. The zero-order valence-electron chi connectivity index (χ0n) is 14.4. The molecule has 0 spiro atoms. The van der Waals surface area contributed by atoms with Crippen molar-refractivity contribution < 1.29 is 19.1 Å². The standard InChI is InChI=1S/C20H21NO4/c1-3-4-19(23)21-17-11-9-15(10-12-17)18(22)13-25-20(24)16-7-5-14(2)6-8-16/h5-12H,3-4,13H2,1-2H3,(H,21,23). The van der Waals surface area contributed by atoms with Crippen molar-refractivity contribution in [3.63, 3.8) is 0 Å². The van der Waals surface area contributed by atoms with Crippen molar-refractivity contribution in [3.05, 3.63) is 65.2 Å². The lowest BCUT2D eigenvalue weighted by molar-refractivity contribution is -0.116. The van der Waals surface area contributed by atoms with Gasteiger partial charge in [0, 0.05) is 17.7 Å². The highest BCUT2D eigenvalue weighted by molar-refractivity contribution is 6.00. The largest absolute Gasteiger partial charge is 0.454 e. The quantitative estimate of drug-likeness (QED) is 0.615. The third-order valence-corrected chi connectivity index (χ3v) is 3.59. The van der Waals surface area contributed by atoms with E-state index in [1.54, 1.807) is 36.4 Å². The number of anilines is 1. The van der Waals surface area contributed by atoms with Crippen LogP contribution in [0.25, 0.3) is 0 Å². The Kier molecular flexibility index (Phi) is 6.46. The van der Waals surface area contributed by atoms with Crippen LogP contribution in [0.2, 0.25) is 0 Å². The van der Waals surface area contributed by atoms with E-state index in [0.29, 0.717) is 23.2 Å². The number of Topliss-reactive ketones (excluding diaryl/α,β-unsaturated/α-hetero) is 1. The molecule has 1 N–H and O–H groups in total. The fourth-order valence-corrected chi connectivity index (χ4v) is 2.18. The molecule has 0 fully saturated rings. The van der Waals surface area contributed by atoms with Crippen LogP contribution in [0.4, 0.5) is 5.69 Å². The number of hydrogen-bond acceptors (Lipinski definition) is 4. The Labute approximate surface area is 147 Å². The molecule has 0 aliphatic rings. The van der Waals surface area contributed by atoms with Gasteiger partial charge in [0.1, 0.15) is 0 Å². The second kappa shape index (κ2) is 8.78. The maximum absolute atomic E-state index is 12.1. The Morgan fingerprint density at radius 1 is 0.920 bits per heavy atom. The van der Waals surface area contributed by atoms with E-state index in [0.717, 1.165) is 12.0 Å². The van der Waals surface area contributed by atoms with Gasteiger partial charge in [-0.2, -0.15) is 0 Å². The summed E-state index contributed by atoms with van der Waals surface area (Å²) in [6.45, 7) is 3.53. The summed E-state index contributed by atoms with van der Waals surface area (Å²) >= 11 is 0. The predicted molar refractivity (Wildman–Crippen MR) is 95.8 cm³/mol. The van der Waals surface area contributed by atoms with Gasteiger partial charge in [-0.15, -0.1) is 0 Å². The molecule has 5 nitrogen and oxygen atoms in total. The second-order valence-corrected chi connectivity index (χ2v) is 5.74. The fraction of sp³-hybridized carbons (Fsp3) is 0.250. The van der Waals surface area contributed by atoms with E-state index < -0.39 is 5.97 Å². The van der Waals surface area contributed by atoms with Gasteiger partial charge in [-0.1, -0.05) is 24.6 Å². The third-order valence-electron chi connectivity index (χ3n) is 3.59. The van der Waals surface area contributed by atoms with Gasteiger partial charge in [0.2, 0.25) is 5.91 Å². The van der Waals surface area contributed by atoms with Crippen LogP contribution in [-0.4, -0.2) is 24.3 Å². The van der Waals surface area contributed by atoms with Crippen molar-refractivity contribution in [3.8, 4) is 0 Å². The average molecular weight is 339 g/mol. The van der Waals surface area contributed by atoms with Crippen molar-refractivity contribution in [2.75, 3.05) is 11.9 Å². The van der Waals surface area contributed by atoms with Crippen LogP contribution in [0.5, 0.6) is 0 Å². The van der Waals surface area contributed by atoms with Crippen LogP contribution in [-0.2, 0) is 9.53 Å². The number of carbonyl (C=O) groups is 3. The van der Waals surface area contributed by atoms with Gasteiger partial charge in [0.05, 0.1) is 5.56 Å². The van der Waals surface area contributed by atoms with Crippen molar-refractivity contribution >= 4 is 23.3 Å². The topological polar surface area (TPSA) is 72.5 Å². The number of ether oxygens (including phenoxy) is 1. The number of carbonyl (C=O) groups excluding carboxylic acids is 3. The molecule has 0 radical (unpaired) electrons. The normalized spacial score (nSPS) is 10.2. The van der Waals surface area contributed by atoms with Gasteiger partial charge in [-0.3, -0.25) is 9.59 Å². The van der Waals surface area contributed by atoms with Gasteiger partial charge in [-0.25, -0.2) is 4.79 Å². The first kappa shape index (κ1) is 18.4. The monoisotopic (exact) mass is 339 g/mol. The van der Waals surface area contributed by atoms with E-state index in [1.807, 2.05) is 26.0 Å². The highest BCUT2D eigenvalue weighted by Crippen LogP contribution is 2.12. The molecule has 0 aromatic heterocycles. The first-order valence-electron chi connectivity index (χ1n) is 8.16. The minimum absolute atomic E-state index is 0.0615. The lowest BCUT2D eigenvalue weighted by atomic mass is 10.1. The molecule has 130 valence electrons. The van der Waals surface area contributed by atoms with E-state index in [9.17, 15) is 14.4 Å². The maximum atomic E-state index is 12.1. The minimum atomic E-state index is -0.531. The smallest absolute Gasteiger partial charge is 0.338 e. The molecule has 0 heterocycles. The highest BCUT2D eigenvalue weighted by Gasteiger charge is 2.12. The average Bonchev–Trinajstić information content (AvgIpc) is 2.61. The molecule has 0 saturated carbocycles. The number of benzene rings is 2. The van der Waals surface area contributed by atoms with Crippen LogP contribution in [0, 0.1) is 6.92 Å². The Morgan fingerprint density at radius 3 is 2.12 bits per heavy atom. The summed E-state index contributed by atoms with van der Waals surface area (Å²) in [4.78, 5) is 35.5. The minimum Gasteiger partial charge on any atom is -0.454 e. The third kappa shape index (κ3) is 5.57. The molecule has 0 unspecified atom stereocenters. The number of hydrogen-bond donors (Lipinski definition) is 1. The van der Waals surface area contributed by atoms with Crippen LogP contribution >= 0.6 is 0 Å². The van der Waals surface area contributed by atoms with Gasteiger partial charge < -0.3 is 10.1 Å². The molecule has 0 aliphatic carbocycles. The molecule has 0 saturated heterocycles. The molecule has 2 rings (SSSR count). The summed E-state index contributed by atoms with van der Waals surface area (Å²) in [5.74, 6) is -0.891. The summed E-state index contributed by atoms with van der Waals surface area (Å²) in [5, 5.41) is 2.75. The van der Waals surface area contributed by atoms with E-state index in [1.165, 1.54) is 0 Å². The van der Waals surface area contributed by atoms with E-state index in [2.05, 4.69) is 5.32 Å². The SMILES string of the molecule is CCCC(=O)Nc1ccc(C(=O)COC(=O)c2ccc(C)cc2)cc1. The van der Waals surface area contributed by atoms with Gasteiger partial charge in [0.15, 0.2) is 12.4 Å². The van der Waals surface area contributed by atoms with Gasteiger partial charge >= 0.3 is 5.97 Å². The van der Waals surface area contributed by atoms with Crippen LogP contribution < -0.4 is 5.32 Å². The van der Waals surface area contributed by atoms with Crippen LogP contribution in [0.1, 0.15) is 46.0 Å². The van der Waals surface area contributed by atoms with Crippen molar-refractivity contribution in [2.45, 2.75) is 26.7 Å². The Balaban J connectivity index is 1.89.